The normalized spacial score (nSPS) is 19.8. The average Bonchev–Trinajstić information content (AvgIpc) is 3.21. The minimum Gasteiger partial charge on any atom is -0.356 e. The van der Waals surface area contributed by atoms with Gasteiger partial charge in [-0.15, -0.1) is 0 Å². The van der Waals surface area contributed by atoms with Crippen LogP contribution in [0.1, 0.15) is 49.4 Å². The zero-order chi connectivity index (χ0) is 20.1. The Bertz CT molecular complexity index is 829. The first-order valence-electron chi connectivity index (χ1n) is 10.3. The lowest BCUT2D eigenvalue weighted by Crippen LogP contribution is -2.42. The summed E-state index contributed by atoms with van der Waals surface area (Å²) in [6, 6.07) is 8.47. The predicted octanol–water partition coefficient (Wildman–Crippen LogP) is 2.68. The molecule has 2 aromatic rings. The minimum atomic E-state index is -0.0361. The van der Waals surface area contributed by atoms with Gasteiger partial charge in [0, 0.05) is 55.7 Å². The Morgan fingerprint density at radius 2 is 1.86 bits per heavy atom. The number of rotatable bonds is 8. The SMILES string of the molecule is CCCCNC(=O)C[C@H]1CC[C@@H](CNC(=O)c2cn(C)c3ccccc23)N1C. The summed E-state index contributed by atoms with van der Waals surface area (Å²) >= 11 is 0. The van der Waals surface area contributed by atoms with Crippen molar-refractivity contribution in [1.82, 2.24) is 20.1 Å². The molecule has 28 heavy (non-hydrogen) atoms. The molecular weight excluding hydrogens is 352 g/mol. The largest absolute Gasteiger partial charge is 0.356 e. The molecule has 1 saturated heterocycles. The summed E-state index contributed by atoms with van der Waals surface area (Å²) in [5.41, 5.74) is 1.77. The van der Waals surface area contributed by atoms with E-state index in [4.69, 9.17) is 0 Å². The maximum absolute atomic E-state index is 12.7. The number of carbonyl (C=O) groups is 2. The van der Waals surface area contributed by atoms with Crippen LogP contribution in [0.3, 0.4) is 0 Å². The summed E-state index contributed by atoms with van der Waals surface area (Å²) in [6.07, 6.45) is 6.53. The molecule has 2 N–H and O–H groups in total. The molecule has 0 saturated carbocycles. The summed E-state index contributed by atoms with van der Waals surface area (Å²) in [5.74, 6) is 0.0942. The van der Waals surface area contributed by atoms with Gasteiger partial charge in [0.25, 0.3) is 5.91 Å². The van der Waals surface area contributed by atoms with Crippen molar-refractivity contribution in [3.63, 3.8) is 0 Å². The van der Waals surface area contributed by atoms with Gasteiger partial charge >= 0.3 is 0 Å². The maximum atomic E-state index is 12.7. The Kier molecular flexibility index (Phi) is 6.73. The fraction of sp³-hybridized carbons (Fsp3) is 0.545. The highest BCUT2D eigenvalue weighted by Crippen LogP contribution is 2.25. The van der Waals surface area contributed by atoms with Crippen molar-refractivity contribution >= 4 is 22.7 Å². The quantitative estimate of drug-likeness (QED) is 0.688. The van der Waals surface area contributed by atoms with E-state index < -0.39 is 0 Å². The zero-order valence-electron chi connectivity index (χ0n) is 17.2. The molecule has 152 valence electrons. The van der Waals surface area contributed by atoms with Crippen LogP contribution in [0, 0.1) is 0 Å². The van der Waals surface area contributed by atoms with Crippen LogP contribution in [0.2, 0.25) is 0 Å². The van der Waals surface area contributed by atoms with E-state index in [2.05, 4.69) is 29.5 Å². The number of fused-ring (bicyclic) bond motifs is 1. The van der Waals surface area contributed by atoms with Gasteiger partial charge in [0.15, 0.2) is 0 Å². The fourth-order valence-corrected chi connectivity index (χ4v) is 4.10. The Morgan fingerprint density at radius 1 is 1.11 bits per heavy atom. The third-order valence-corrected chi connectivity index (χ3v) is 5.90. The number of unbranched alkanes of at least 4 members (excludes halogenated alkanes) is 1. The van der Waals surface area contributed by atoms with Crippen molar-refractivity contribution in [3.05, 3.63) is 36.0 Å². The molecule has 0 unspecified atom stereocenters. The predicted molar refractivity (Wildman–Crippen MR) is 112 cm³/mol. The molecule has 1 aromatic heterocycles. The molecule has 1 aliphatic heterocycles. The number of hydrogen-bond acceptors (Lipinski definition) is 3. The van der Waals surface area contributed by atoms with Gasteiger partial charge in [0.2, 0.25) is 5.91 Å². The van der Waals surface area contributed by atoms with Crippen LogP contribution in [0.4, 0.5) is 0 Å². The number of para-hydroxylation sites is 1. The molecular formula is C22H32N4O2. The maximum Gasteiger partial charge on any atom is 0.253 e. The number of aryl methyl sites for hydroxylation is 1. The van der Waals surface area contributed by atoms with Crippen molar-refractivity contribution in [2.24, 2.45) is 7.05 Å². The molecule has 2 heterocycles. The summed E-state index contributed by atoms with van der Waals surface area (Å²) in [6.45, 7) is 3.48. The second-order valence-corrected chi connectivity index (χ2v) is 7.84. The van der Waals surface area contributed by atoms with Crippen LogP contribution in [0.25, 0.3) is 10.9 Å². The van der Waals surface area contributed by atoms with Gasteiger partial charge in [-0.2, -0.15) is 0 Å². The first-order chi connectivity index (χ1) is 13.5. The number of hydrogen-bond donors (Lipinski definition) is 2. The van der Waals surface area contributed by atoms with Gasteiger partial charge in [-0.25, -0.2) is 0 Å². The zero-order valence-corrected chi connectivity index (χ0v) is 17.2. The highest BCUT2D eigenvalue weighted by atomic mass is 16.2. The van der Waals surface area contributed by atoms with Crippen LogP contribution >= 0.6 is 0 Å². The van der Waals surface area contributed by atoms with Crippen molar-refractivity contribution in [1.29, 1.82) is 0 Å². The van der Waals surface area contributed by atoms with Gasteiger partial charge in [0.05, 0.1) is 5.56 Å². The van der Waals surface area contributed by atoms with Gasteiger partial charge in [-0.3, -0.25) is 14.5 Å². The third kappa shape index (κ3) is 4.55. The molecule has 1 fully saturated rings. The number of aromatic nitrogens is 1. The van der Waals surface area contributed by atoms with Gasteiger partial charge in [-0.05, 0) is 32.4 Å². The van der Waals surface area contributed by atoms with E-state index in [1.807, 2.05) is 42.1 Å². The Balaban J connectivity index is 1.52. The third-order valence-electron chi connectivity index (χ3n) is 5.90. The molecule has 0 aliphatic carbocycles. The lowest BCUT2D eigenvalue weighted by Gasteiger charge is -2.25. The van der Waals surface area contributed by atoms with Crippen LogP contribution in [0.5, 0.6) is 0 Å². The summed E-state index contributed by atoms with van der Waals surface area (Å²) in [4.78, 5) is 27.1. The highest BCUT2D eigenvalue weighted by molar-refractivity contribution is 6.06. The smallest absolute Gasteiger partial charge is 0.253 e. The number of likely N-dealkylation sites (N-methyl/N-ethyl adjacent to an activating group) is 1. The van der Waals surface area contributed by atoms with Gasteiger partial charge in [-0.1, -0.05) is 31.5 Å². The molecule has 2 amide bonds. The van der Waals surface area contributed by atoms with Crippen molar-refractivity contribution in [3.8, 4) is 0 Å². The average molecular weight is 385 g/mol. The lowest BCUT2D eigenvalue weighted by atomic mass is 10.1. The van der Waals surface area contributed by atoms with Crippen LogP contribution in [-0.4, -0.2) is 53.5 Å². The first kappa shape index (κ1) is 20.4. The molecule has 2 atom stereocenters. The summed E-state index contributed by atoms with van der Waals surface area (Å²) < 4.78 is 1.99. The highest BCUT2D eigenvalue weighted by Gasteiger charge is 2.32. The number of amides is 2. The summed E-state index contributed by atoms with van der Waals surface area (Å²) in [7, 11) is 4.02. The van der Waals surface area contributed by atoms with E-state index in [0.29, 0.717) is 18.5 Å². The molecule has 6 heteroatoms. The fourth-order valence-electron chi connectivity index (χ4n) is 4.10. The topological polar surface area (TPSA) is 66.4 Å². The standard InChI is InChI=1S/C22H32N4O2/c1-4-5-12-23-21(27)13-16-10-11-17(26(16)3)14-24-22(28)19-15-25(2)20-9-7-6-8-18(19)20/h6-9,15-17H,4-5,10-14H2,1-3H3,(H,23,27)(H,24,28)/t16-,17+/m1/s1. The van der Waals surface area contributed by atoms with Crippen LogP contribution < -0.4 is 10.6 Å². The Morgan fingerprint density at radius 3 is 2.64 bits per heavy atom. The number of nitrogens with zero attached hydrogens (tertiary/aromatic N) is 2. The number of nitrogens with one attached hydrogen (secondary N) is 2. The van der Waals surface area contributed by atoms with Crippen molar-refractivity contribution in [2.45, 2.75) is 51.1 Å². The van der Waals surface area contributed by atoms with E-state index >= 15 is 0 Å². The molecule has 1 aliphatic rings. The van der Waals surface area contributed by atoms with E-state index in [1.165, 1.54) is 0 Å². The summed E-state index contributed by atoms with van der Waals surface area (Å²) in [5, 5.41) is 7.07. The second-order valence-electron chi connectivity index (χ2n) is 7.84. The van der Waals surface area contributed by atoms with Crippen LogP contribution in [-0.2, 0) is 11.8 Å². The first-order valence-corrected chi connectivity index (χ1v) is 10.3. The van der Waals surface area contributed by atoms with Crippen LogP contribution in [0.15, 0.2) is 30.5 Å². The minimum absolute atomic E-state index is 0.0361. The number of benzene rings is 1. The number of carbonyl (C=O) groups excluding carboxylic acids is 2. The van der Waals surface area contributed by atoms with Gasteiger partial charge < -0.3 is 15.2 Å². The molecule has 0 radical (unpaired) electrons. The Labute approximate surface area is 167 Å². The van der Waals surface area contributed by atoms with E-state index in [-0.39, 0.29) is 23.9 Å². The lowest BCUT2D eigenvalue weighted by molar-refractivity contribution is -0.122. The molecule has 0 bridgehead atoms. The van der Waals surface area contributed by atoms with E-state index in [9.17, 15) is 9.59 Å². The molecule has 1 aromatic carbocycles. The Hall–Kier alpha value is -2.34. The monoisotopic (exact) mass is 384 g/mol. The molecule has 0 spiro atoms. The van der Waals surface area contributed by atoms with E-state index in [0.717, 1.165) is 43.1 Å². The molecule has 3 rings (SSSR count). The number of likely N-dealkylation sites (tertiary alicyclic amines) is 1. The van der Waals surface area contributed by atoms with Crippen molar-refractivity contribution < 1.29 is 9.59 Å². The second kappa shape index (κ2) is 9.24. The molecule has 6 nitrogen and oxygen atoms in total. The van der Waals surface area contributed by atoms with Crippen molar-refractivity contribution in [2.75, 3.05) is 20.1 Å². The van der Waals surface area contributed by atoms with Gasteiger partial charge in [0.1, 0.15) is 0 Å². The van der Waals surface area contributed by atoms with E-state index in [1.54, 1.807) is 0 Å².